The van der Waals surface area contributed by atoms with Crippen LogP contribution in [0.5, 0.6) is 0 Å². The van der Waals surface area contributed by atoms with Gasteiger partial charge in [-0.05, 0) is 18.8 Å². The minimum absolute atomic E-state index is 0.230. The van der Waals surface area contributed by atoms with Crippen molar-refractivity contribution in [1.82, 2.24) is 5.32 Å². The Balaban J connectivity index is 4.28. The monoisotopic (exact) mass is 169 g/mol. The first-order valence-corrected chi connectivity index (χ1v) is 4.81. The molecule has 1 nitrogen and oxygen atoms in total. The average Bonchev–Trinajstić information content (AvgIpc) is 1.99. The summed E-state index contributed by atoms with van der Waals surface area (Å²) in [6.07, 6.45) is 1.92. The molecule has 0 saturated heterocycles. The van der Waals surface area contributed by atoms with Gasteiger partial charge in [0.15, 0.2) is 0 Å². The van der Waals surface area contributed by atoms with Gasteiger partial charge in [-0.15, -0.1) is 6.58 Å². The molecule has 0 saturated carbocycles. The molecule has 0 rings (SSSR count). The van der Waals surface area contributed by atoms with Gasteiger partial charge in [-0.3, -0.25) is 0 Å². The molecule has 0 unspecified atom stereocenters. The van der Waals surface area contributed by atoms with Gasteiger partial charge in [-0.25, -0.2) is 0 Å². The van der Waals surface area contributed by atoms with Crippen LogP contribution in [0.15, 0.2) is 12.7 Å². The Morgan fingerprint density at radius 3 is 1.92 bits per heavy atom. The maximum atomic E-state index is 3.72. The summed E-state index contributed by atoms with van der Waals surface area (Å²) in [5.74, 6) is 1.30. The highest BCUT2D eigenvalue weighted by molar-refractivity contribution is 4.91. The lowest BCUT2D eigenvalue weighted by Gasteiger charge is -2.38. The molecule has 0 aliphatic heterocycles. The van der Waals surface area contributed by atoms with E-state index in [0.29, 0.717) is 11.8 Å². The molecular formula is C11H23N. The van der Waals surface area contributed by atoms with Crippen molar-refractivity contribution in [2.45, 2.75) is 40.2 Å². The predicted molar refractivity (Wildman–Crippen MR) is 56.3 cm³/mol. The molecule has 12 heavy (non-hydrogen) atoms. The van der Waals surface area contributed by atoms with E-state index in [1.165, 1.54) is 0 Å². The van der Waals surface area contributed by atoms with E-state index in [-0.39, 0.29) is 5.54 Å². The van der Waals surface area contributed by atoms with Gasteiger partial charge < -0.3 is 5.32 Å². The molecule has 0 bridgehead atoms. The van der Waals surface area contributed by atoms with Crippen LogP contribution in [0.1, 0.15) is 34.6 Å². The van der Waals surface area contributed by atoms with Crippen molar-refractivity contribution < 1.29 is 0 Å². The molecule has 0 radical (unpaired) electrons. The van der Waals surface area contributed by atoms with Gasteiger partial charge in [0.2, 0.25) is 0 Å². The lowest BCUT2D eigenvalue weighted by molar-refractivity contribution is 0.194. The first-order valence-electron chi connectivity index (χ1n) is 4.81. The highest BCUT2D eigenvalue weighted by Gasteiger charge is 2.30. The lowest BCUT2D eigenvalue weighted by Crippen LogP contribution is -2.51. The van der Waals surface area contributed by atoms with Crippen LogP contribution in [0.2, 0.25) is 0 Å². The van der Waals surface area contributed by atoms with Gasteiger partial charge in [-0.1, -0.05) is 33.8 Å². The fourth-order valence-corrected chi connectivity index (χ4v) is 1.37. The summed E-state index contributed by atoms with van der Waals surface area (Å²) in [7, 11) is 0. The van der Waals surface area contributed by atoms with Crippen LogP contribution in [0, 0.1) is 11.8 Å². The number of rotatable bonds is 5. The van der Waals surface area contributed by atoms with E-state index < -0.39 is 0 Å². The molecule has 0 aromatic carbocycles. The van der Waals surface area contributed by atoms with Crippen molar-refractivity contribution in [3.05, 3.63) is 12.7 Å². The predicted octanol–water partition coefficient (Wildman–Crippen LogP) is 2.83. The number of hydrogen-bond acceptors (Lipinski definition) is 1. The van der Waals surface area contributed by atoms with Crippen molar-refractivity contribution >= 4 is 0 Å². The third-order valence-electron chi connectivity index (χ3n) is 3.03. The number of hydrogen-bond donors (Lipinski definition) is 1. The summed E-state index contributed by atoms with van der Waals surface area (Å²) in [5.41, 5.74) is 0.230. The molecular weight excluding hydrogens is 146 g/mol. The van der Waals surface area contributed by atoms with Crippen molar-refractivity contribution in [3.63, 3.8) is 0 Å². The molecule has 0 spiro atoms. The van der Waals surface area contributed by atoms with Crippen molar-refractivity contribution in [1.29, 1.82) is 0 Å². The lowest BCUT2D eigenvalue weighted by atomic mass is 9.78. The molecule has 0 aromatic rings. The topological polar surface area (TPSA) is 12.0 Å². The summed E-state index contributed by atoms with van der Waals surface area (Å²) < 4.78 is 0. The van der Waals surface area contributed by atoms with Gasteiger partial charge in [0.25, 0.3) is 0 Å². The van der Waals surface area contributed by atoms with Gasteiger partial charge in [0.1, 0.15) is 0 Å². The van der Waals surface area contributed by atoms with Crippen LogP contribution in [-0.2, 0) is 0 Å². The smallest absolute Gasteiger partial charge is 0.0202 e. The van der Waals surface area contributed by atoms with Crippen LogP contribution in [0.4, 0.5) is 0 Å². The maximum absolute atomic E-state index is 3.72. The summed E-state index contributed by atoms with van der Waals surface area (Å²) in [6.45, 7) is 15.9. The van der Waals surface area contributed by atoms with Crippen LogP contribution in [0.3, 0.4) is 0 Å². The van der Waals surface area contributed by atoms with E-state index in [1.54, 1.807) is 0 Å². The fraction of sp³-hybridized carbons (Fsp3) is 0.818. The highest BCUT2D eigenvalue weighted by atomic mass is 15.0. The molecule has 72 valence electrons. The Bertz CT molecular complexity index is 128. The second kappa shape index (κ2) is 4.66. The van der Waals surface area contributed by atoms with Gasteiger partial charge >= 0.3 is 0 Å². The quantitative estimate of drug-likeness (QED) is 0.624. The largest absolute Gasteiger partial charge is 0.308 e. The zero-order chi connectivity index (χ0) is 9.78. The normalized spacial score (nSPS) is 12.6. The van der Waals surface area contributed by atoms with Crippen molar-refractivity contribution in [2.75, 3.05) is 6.54 Å². The first kappa shape index (κ1) is 11.7. The molecule has 1 N–H and O–H groups in total. The Labute approximate surface area is 77.2 Å². The van der Waals surface area contributed by atoms with E-state index >= 15 is 0 Å². The van der Waals surface area contributed by atoms with Crippen LogP contribution in [-0.4, -0.2) is 12.1 Å². The van der Waals surface area contributed by atoms with Gasteiger partial charge in [0, 0.05) is 12.1 Å². The zero-order valence-electron chi connectivity index (χ0n) is 9.15. The van der Waals surface area contributed by atoms with Crippen molar-refractivity contribution in [2.24, 2.45) is 11.8 Å². The second-order valence-electron chi connectivity index (χ2n) is 4.26. The van der Waals surface area contributed by atoms with E-state index in [1.807, 2.05) is 6.08 Å². The minimum atomic E-state index is 0.230. The van der Waals surface area contributed by atoms with E-state index in [0.717, 1.165) is 6.54 Å². The van der Waals surface area contributed by atoms with E-state index in [4.69, 9.17) is 0 Å². The van der Waals surface area contributed by atoms with E-state index in [9.17, 15) is 0 Å². The Hall–Kier alpha value is -0.300. The first-order chi connectivity index (χ1) is 5.45. The molecule has 1 heteroatoms. The van der Waals surface area contributed by atoms with Gasteiger partial charge in [0.05, 0.1) is 0 Å². The summed E-state index contributed by atoms with van der Waals surface area (Å²) in [5, 5.41) is 3.53. The minimum Gasteiger partial charge on any atom is -0.308 e. The summed E-state index contributed by atoms with van der Waals surface area (Å²) >= 11 is 0. The average molecular weight is 169 g/mol. The zero-order valence-corrected chi connectivity index (χ0v) is 9.15. The van der Waals surface area contributed by atoms with Crippen LogP contribution >= 0.6 is 0 Å². The van der Waals surface area contributed by atoms with E-state index in [2.05, 4.69) is 46.5 Å². The molecule has 0 aliphatic rings. The SMILES string of the molecule is C=CCNC(C)(C(C)C)C(C)C. The molecule has 0 fully saturated rings. The second-order valence-corrected chi connectivity index (χ2v) is 4.26. The Morgan fingerprint density at radius 1 is 1.25 bits per heavy atom. The summed E-state index contributed by atoms with van der Waals surface area (Å²) in [4.78, 5) is 0. The molecule has 0 amide bonds. The molecule has 0 heterocycles. The Morgan fingerprint density at radius 2 is 1.67 bits per heavy atom. The molecule has 0 aliphatic carbocycles. The van der Waals surface area contributed by atoms with Crippen molar-refractivity contribution in [3.8, 4) is 0 Å². The maximum Gasteiger partial charge on any atom is 0.0202 e. The standard InChI is InChI=1S/C11H23N/c1-7-8-12-11(6,9(2)3)10(4)5/h7,9-10,12H,1,8H2,2-6H3. The van der Waals surface area contributed by atoms with Crippen LogP contribution in [0.25, 0.3) is 0 Å². The number of nitrogens with one attached hydrogen (secondary N) is 1. The molecule has 0 atom stereocenters. The fourth-order valence-electron chi connectivity index (χ4n) is 1.37. The Kier molecular flexibility index (Phi) is 4.54. The summed E-state index contributed by atoms with van der Waals surface area (Å²) in [6, 6.07) is 0. The third-order valence-corrected chi connectivity index (χ3v) is 3.03. The van der Waals surface area contributed by atoms with Crippen LogP contribution < -0.4 is 5.32 Å². The third kappa shape index (κ3) is 2.63. The molecule has 0 aromatic heterocycles. The highest BCUT2D eigenvalue weighted by Crippen LogP contribution is 2.25. The van der Waals surface area contributed by atoms with Gasteiger partial charge in [-0.2, -0.15) is 0 Å².